The Hall–Kier alpha value is -4.36. The lowest BCUT2D eigenvalue weighted by Crippen LogP contribution is -2.64. The molecule has 0 bridgehead atoms. The van der Waals surface area contributed by atoms with E-state index in [1.54, 1.807) is 0 Å². The molecular formula is C43H41N. The minimum absolute atomic E-state index is 0.0120. The van der Waals surface area contributed by atoms with E-state index in [9.17, 15) is 0 Å². The molecule has 8 rings (SSSR count). The lowest BCUT2D eigenvalue weighted by molar-refractivity contribution is 0.0608. The summed E-state index contributed by atoms with van der Waals surface area (Å²) in [5, 5.41) is 5.26. The van der Waals surface area contributed by atoms with E-state index >= 15 is 0 Å². The van der Waals surface area contributed by atoms with Gasteiger partial charge in [0, 0.05) is 16.8 Å². The van der Waals surface area contributed by atoms with E-state index in [-0.39, 0.29) is 16.4 Å². The topological polar surface area (TPSA) is 3.24 Å². The standard InChI is InChI=1S/C43H41N/c1-41(2,3)43-28-16-15-27-42(43,4)37-29-31(25-26-38(37)44(43)32-19-9-6-10-20-32)40-35-23-13-11-21-33(35)39(30-17-7-5-8-18-30)34-22-12-14-24-36(34)40/h5-14,17-26,29H,15-16,27-28H2,1-4H3. The van der Waals surface area contributed by atoms with Crippen molar-refractivity contribution < 1.29 is 0 Å². The number of hydrogen-bond donors (Lipinski definition) is 0. The zero-order valence-corrected chi connectivity index (χ0v) is 26.4. The van der Waals surface area contributed by atoms with Crippen molar-refractivity contribution in [3.05, 3.63) is 133 Å². The normalized spacial score (nSPS) is 21.4. The van der Waals surface area contributed by atoms with Crippen molar-refractivity contribution in [2.24, 2.45) is 5.41 Å². The van der Waals surface area contributed by atoms with Gasteiger partial charge in [-0.15, -0.1) is 0 Å². The summed E-state index contributed by atoms with van der Waals surface area (Å²) in [5.74, 6) is 0. The number of anilines is 2. The minimum Gasteiger partial charge on any atom is -0.334 e. The first kappa shape index (κ1) is 27.2. The summed E-state index contributed by atoms with van der Waals surface area (Å²) in [6.07, 6.45) is 4.95. The zero-order chi connectivity index (χ0) is 30.1. The van der Waals surface area contributed by atoms with E-state index in [0.29, 0.717) is 0 Å². The van der Waals surface area contributed by atoms with Crippen LogP contribution in [0, 0.1) is 5.41 Å². The Kier molecular flexibility index (Phi) is 6.08. The third kappa shape index (κ3) is 3.65. The van der Waals surface area contributed by atoms with Crippen LogP contribution in [0.15, 0.2) is 127 Å². The molecule has 6 aromatic rings. The van der Waals surface area contributed by atoms with E-state index in [1.807, 2.05) is 0 Å². The van der Waals surface area contributed by atoms with E-state index < -0.39 is 0 Å². The first-order chi connectivity index (χ1) is 21.4. The molecule has 6 aromatic carbocycles. The van der Waals surface area contributed by atoms with Gasteiger partial charge in [-0.05, 0) is 91.9 Å². The molecule has 1 fully saturated rings. The fourth-order valence-electron chi connectivity index (χ4n) is 9.42. The zero-order valence-electron chi connectivity index (χ0n) is 26.4. The van der Waals surface area contributed by atoms with Crippen molar-refractivity contribution in [1.82, 2.24) is 0 Å². The Bertz CT molecular complexity index is 1960. The van der Waals surface area contributed by atoms with E-state index in [2.05, 4.69) is 160 Å². The number of nitrogens with zero attached hydrogens (tertiary/aromatic N) is 1. The summed E-state index contributed by atoms with van der Waals surface area (Å²) < 4.78 is 0. The lowest BCUT2D eigenvalue weighted by atomic mass is 9.52. The van der Waals surface area contributed by atoms with Crippen molar-refractivity contribution in [2.75, 3.05) is 4.90 Å². The molecule has 0 N–H and O–H groups in total. The maximum absolute atomic E-state index is 2.75. The predicted octanol–water partition coefficient (Wildman–Crippen LogP) is 12.1. The van der Waals surface area contributed by atoms with Crippen molar-refractivity contribution in [2.45, 2.75) is 64.3 Å². The Morgan fingerprint density at radius 3 is 1.61 bits per heavy atom. The summed E-state index contributed by atoms with van der Waals surface area (Å²) >= 11 is 0. The molecule has 0 spiro atoms. The quantitative estimate of drug-likeness (QED) is 0.191. The summed E-state index contributed by atoms with van der Waals surface area (Å²) in [4.78, 5) is 2.75. The van der Waals surface area contributed by atoms with Gasteiger partial charge < -0.3 is 4.90 Å². The SMILES string of the molecule is CC(C)(C)C12CCCCC1(C)c1cc(-c3c4ccccc4c(-c4ccccc4)c4ccccc34)ccc1N2c1ccccc1. The molecule has 2 unspecified atom stereocenters. The molecule has 2 aliphatic rings. The van der Waals surface area contributed by atoms with Crippen molar-refractivity contribution >= 4 is 32.9 Å². The molecule has 44 heavy (non-hydrogen) atoms. The minimum atomic E-state index is -0.0120. The Morgan fingerprint density at radius 2 is 1.05 bits per heavy atom. The second-order valence-corrected chi connectivity index (χ2v) is 14.3. The maximum atomic E-state index is 2.75. The van der Waals surface area contributed by atoms with Gasteiger partial charge in [0.05, 0.1) is 5.54 Å². The van der Waals surface area contributed by atoms with Gasteiger partial charge in [0.2, 0.25) is 0 Å². The van der Waals surface area contributed by atoms with Crippen LogP contribution in [0.4, 0.5) is 11.4 Å². The second kappa shape index (κ2) is 9.83. The van der Waals surface area contributed by atoms with Crippen LogP contribution in [0.5, 0.6) is 0 Å². The van der Waals surface area contributed by atoms with E-state index in [1.165, 1.54) is 86.4 Å². The third-order valence-corrected chi connectivity index (χ3v) is 11.1. The van der Waals surface area contributed by atoms with E-state index in [0.717, 1.165) is 0 Å². The van der Waals surface area contributed by atoms with Gasteiger partial charge in [-0.1, -0.05) is 144 Å². The highest BCUT2D eigenvalue weighted by atomic mass is 15.3. The van der Waals surface area contributed by atoms with Crippen LogP contribution in [0.2, 0.25) is 0 Å². The Balaban J connectivity index is 1.44. The van der Waals surface area contributed by atoms with Crippen LogP contribution in [0.25, 0.3) is 43.8 Å². The molecule has 0 radical (unpaired) electrons. The highest BCUT2D eigenvalue weighted by molar-refractivity contribution is 6.21. The number of hydrogen-bond acceptors (Lipinski definition) is 1. The summed E-state index contributed by atoms with van der Waals surface area (Å²) in [6.45, 7) is 10.0. The van der Waals surface area contributed by atoms with Gasteiger partial charge in [-0.25, -0.2) is 0 Å². The van der Waals surface area contributed by atoms with Gasteiger partial charge in [0.1, 0.15) is 0 Å². The molecule has 0 aromatic heterocycles. The largest absolute Gasteiger partial charge is 0.334 e. The average Bonchev–Trinajstić information content (AvgIpc) is 3.30. The molecule has 218 valence electrons. The smallest absolute Gasteiger partial charge is 0.0594 e. The molecule has 0 amide bonds. The van der Waals surface area contributed by atoms with Crippen LogP contribution >= 0.6 is 0 Å². The number of rotatable bonds is 3. The molecular weight excluding hydrogens is 530 g/mol. The van der Waals surface area contributed by atoms with Gasteiger partial charge in [-0.2, -0.15) is 0 Å². The second-order valence-electron chi connectivity index (χ2n) is 14.3. The highest BCUT2D eigenvalue weighted by Crippen LogP contribution is 2.66. The first-order valence-corrected chi connectivity index (χ1v) is 16.3. The molecule has 1 nitrogen and oxygen atoms in total. The predicted molar refractivity (Wildman–Crippen MR) is 189 cm³/mol. The van der Waals surface area contributed by atoms with Crippen LogP contribution < -0.4 is 4.90 Å². The van der Waals surface area contributed by atoms with Crippen molar-refractivity contribution in [3.8, 4) is 22.3 Å². The summed E-state index contributed by atoms with van der Waals surface area (Å²) in [6, 6.07) is 47.6. The highest BCUT2D eigenvalue weighted by Gasteiger charge is 2.65. The summed E-state index contributed by atoms with van der Waals surface area (Å²) in [7, 11) is 0. The first-order valence-electron chi connectivity index (χ1n) is 16.3. The summed E-state index contributed by atoms with van der Waals surface area (Å²) in [5.41, 5.74) is 9.55. The van der Waals surface area contributed by atoms with Gasteiger partial charge in [0.15, 0.2) is 0 Å². The van der Waals surface area contributed by atoms with E-state index in [4.69, 9.17) is 0 Å². The molecule has 1 saturated carbocycles. The van der Waals surface area contributed by atoms with Crippen molar-refractivity contribution in [1.29, 1.82) is 0 Å². The average molecular weight is 572 g/mol. The third-order valence-electron chi connectivity index (χ3n) is 11.1. The van der Waals surface area contributed by atoms with Crippen LogP contribution in [-0.4, -0.2) is 5.54 Å². The van der Waals surface area contributed by atoms with Crippen molar-refractivity contribution in [3.63, 3.8) is 0 Å². The lowest BCUT2D eigenvalue weighted by Gasteiger charge is -2.59. The molecule has 1 aliphatic heterocycles. The number of benzene rings is 6. The molecule has 1 heterocycles. The Morgan fingerprint density at radius 1 is 0.545 bits per heavy atom. The molecule has 0 saturated heterocycles. The van der Waals surface area contributed by atoms with Crippen LogP contribution in [0.1, 0.15) is 58.9 Å². The Labute approximate surface area is 262 Å². The molecule has 1 aliphatic carbocycles. The van der Waals surface area contributed by atoms with Crippen LogP contribution in [-0.2, 0) is 5.41 Å². The monoisotopic (exact) mass is 571 g/mol. The number of fused-ring (bicyclic) bond motifs is 5. The molecule has 2 atom stereocenters. The maximum Gasteiger partial charge on any atom is 0.0594 e. The van der Waals surface area contributed by atoms with Gasteiger partial charge in [-0.3, -0.25) is 0 Å². The number of para-hydroxylation sites is 1. The molecule has 1 heteroatoms. The fraction of sp³-hybridized carbons (Fsp3) is 0.256. The fourth-order valence-corrected chi connectivity index (χ4v) is 9.42. The van der Waals surface area contributed by atoms with Gasteiger partial charge in [0.25, 0.3) is 0 Å². The van der Waals surface area contributed by atoms with Crippen LogP contribution in [0.3, 0.4) is 0 Å². The van der Waals surface area contributed by atoms with Gasteiger partial charge >= 0.3 is 0 Å².